The molecule has 0 saturated heterocycles. The van der Waals surface area contributed by atoms with E-state index in [4.69, 9.17) is 23.4 Å². The largest absolute Gasteiger partial charge is 0.513 e. The van der Waals surface area contributed by atoms with E-state index in [-0.39, 0.29) is 31.0 Å². The summed E-state index contributed by atoms with van der Waals surface area (Å²) in [6.07, 6.45) is -2.00. The van der Waals surface area contributed by atoms with Crippen molar-refractivity contribution >= 4 is 23.3 Å². The quantitative estimate of drug-likeness (QED) is 0.426. The van der Waals surface area contributed by atoms with Gasteiger partial charge < -0.3 is 23.4 Å². The standard InChI is InChI=1S/C19H22O8/c1-5-23-18(21)25-11(3)9-15-12(4)14-8-7-13(26-19(22)24-6-2)10-16(14)27-17(15)20/h7-8,10-11H,5-6,9H2,1-4H3/t11-/m1/s1. The van der Waals surface area contributed by atoms with Crippen LogP contribution in [0.25, 0.3) is 11.0 Å². The predicted molar refractivity (Wildman–Crippen MR) is 96.1 cm³/mol. The molecule has 0 aliphatic heterocycles. The topological polar surface area (TPSA) is 101 Å². The number of carbonyl (C=O) groups excluding carboxylic acids is 2. The second-order valence-corrected chi connectivity index (χ2v) is 5.75. The van der Waals surface area contributed by atoms with E-state index < -0.39 is 24.0 Å². The van der Waals surface area contributed by atoms with Crippen LogP contribution in [0.2, 0.25) is 0 Å². The van der Waals surface area contributed by atoms with Crippen LogP contribution in [0.15, 0.2) is 27.4 Å². The molecule has 1 heterocycles. The first-order valence-electron chi connectivity index (χ1n) is 8.60. The van der Waals surface area contributed by atoms with Crippen molar-refractivity contribution in [3.8, 4) is 5.75 Å². The van der Waals surface area contributed by atoms with Gasteiger partial charge in [0.05, 0.1) is 13.2 Å². The normalized spacial score (nSPS) is 11.7. The zero-order valence-corrected chi connectivity index (χ0v) is 15.7. The van der Waals surface area contributed by atoms with Crippen molar-refractivity contribution in [1.82, 2.24) is 0 Å². The summed E-state index contributed by atoms with van der Waals surface area (Å²) in [4.78, 5) is 35.2. The van der Waals surface area contributed by atoms with E-state index in [2.05, 4.69) is 0 Å². The van der Waals surface area contributed by atoms with Crippen molar-refractivity contribution in [2.24, 2.45) is 0 Å². The van der Waals surface area contributed by atoms with Crippen molar-refractivity contribution in [3.63, 3.8) is 0 Å². The molecule has 146 valence electrons. The average Bonchev–Trinajstić information content (AvgIpc) is 2.58. The lowest BCUT2D eigenvalue weighted by atomic mass is 10.0. The van der Waals surface area contributed by atoms with Crippen LogP contribution < -0.4 is 10.4 Å². The number of aryl methyl sites for hydroxylation is 1. The van der Waals surface area contributed by atoms with E-state index in [1.165, 1.54) is 6.07 Å². The van der Waals surface area contributed by atoms with Crippen LogP contribution in [0.1, 0.15) is 31.9 Å². The Morgan fingerprint density at radius 2 is 1.78 bits per heavy atom. The fraction of sp³-hybridized carbons (Fsp3) is 0.421. The molecule has 27 heavy (non-hydrogen) atoms. The van der Waals surface area contributed by atoms with Crippen molar-refractivity contribution in [2.75, 3.05) is 13.2 Å². The molecule has 0 aliphatic carbocycles. The van der Waals surface area contributed by atoms with E-state index in [1.807, 2.05) is 0 Å². The Labute approximate surface area is 156 Å². The molecule has 0 fully saturated rings. The molecule has 8 nitrogen and oxygen atoms in total. The molecule has 1 atom stereocenters. The number of ether oxygens (including phenoxy) is 4. The molecule has 2 aromatic rings. The summed E-state index contributed by atoms with van der Waals surface area (Å²) in [5.41, 5.74) is 0.830. The maximum absolute atomic E-state index is 12.4. The van der Waals surface area contributed by atoms with Gasteiger partial charge >= 0.3 is 17.9 Å². The van der Waals surface area contributed by atoms with Crippen LogP contribution in [-0.4, -0.2) is 31.6 Å². The highest BCUT2D eigenvalue weighted by Crippen LogP contribution is 2.25. The van der Waals surface area contributed by atoms with E-state index in [9.17, 15) is 14.4 Å². The molecule has 0 radical (unpaired) electrons. The third-order valence-electron chi connectivity index (χ3n) is 3.77. The predicted octanol–water partition coefficient (Wildman–Crippen LogP) is 3.74. The molecule has 0 saturated carbocycles. The number of rotatable bonds is 6. The van der Waals surface area contributed by atoms with Gasteiger partial charge in [0.25, 0.3) is 0 Å². The van der Waals surface area contributed by atoms with Crippen LogP contribution in [-0.2, 0) is 20.6 Å². The molecule has 0 amide bonds. The Bertz CT molecular complexity index is 883. The fourth-order valence-electron chi connectivity index (χ4n) is 2.56. The van der Waals surface area contributed by atoms with Gasteiger partial charge in [0.2, 0.25) is 0 Å². The Morgan fingerprint density at radius 1 is 1.11 bits per heavy atom. The van der Waals surface area contributed by atoms with Gasteiger partial charge in [-0.3, -0.25) is 0 Å². The molecular formula is C19H22O8. The molecule has 0 N–H and O–H groups in total. The van der Waals surface area contributed by atoms with E-state index in [0.717, 1.165) is 0 Å². The molecule has 1 aromatic heterocycles. The number of benzene rings is 1. The second-order valence-electron chi connectivity index (χ2n) is 5.75. The Hall–Kier alpha value is -3.03. The number of hydrogen-bond donors (Lipinski definition) is 0. The van der Waals surface area contributed by atoms with Gasteiger partial charge in [-0.25, -0.2) is 14.4 Å². The maximum Gasteiger partial charge on any atom is 0.513 e. The smallest absolute Gasteiger partial charge is 0.435 e. The minimum absolute atomic E-state index is 0.185. The first-order valence-corrected chi connectivity index (χ1v) is 8.60. The SMILES string of the molecule is CCOC(=O)Oc1ccc2c(C)c(C[C@@H](C)OC(=O)OCC)c(=O)oc2c1. The molecule has 0 spiro atoms. The van der Waals surface area contributed by atoms with Gasteiger partial charge in [-0.05, 0) is 45.4 Å². The van der Waals surface area contributed by atoms with Gasteiger partial charge in [-0.2, -0.15) is 0 Å². The zero-order chi connectivity index (χ0) is 20.0. The molecule has 2 rings (SSSR count). The zero-order valence-electron chi connectivity index (χ0n) is 15.7. The van der Waals surface area contributed by atoms with E-state index >= 15 is 0 Å². The van der Waals surface area contributed by atoms with Gasteiger partial charge in [-0.1, -0.05) is 0 Å². The monoisotopic (exact) mass is 378 g/mol. The van der Waals surface area contributed by atoms with Gasteiger partial charge in [-0.15, -0.1) is 0 Å². The lowest BCUT2D eigenvalue weighted by molar-refractivity contribution is 0.0321. The van der Waals surface area contributed by atoms with Crippen LogP contribution in [0.4, 0.5) is 9.59 Å². The fourth-order valence-corrected chi connectivity index (χ4v) is 2.56. The highest BCUT2D eigenvalue weighted by molar-refractivity contribution is 5.83. The molecule has 0 bridgehead atoms. The second kappa shape index (κ2) is 9.07. The van der Waals surface area contributed by atoms with E-state index in [0.29, 0.717) is 16.5 Å². The van der Waals surface area contributed by atoms with Crippen LogP contribution in [0.5, 0.6) is 5.75 Å². The summed E-state index contributed by atoms with van der Waals surface area (Å²) >= 11 is 0. The molecule has 1 aromatic carbocycles. The Balaban J connectivity index is 2.26. The van der Waals surface area contributed by atoms with Crippen molar-refractivity contribution in [1.29, 1.82) is 0 Å². The maximum atomic E-state index is 12.4. The summed E-state index contributed by atoms with van der Waals surface area (Å²) in [5.74, 6) is 0.204. The molecule has 0 unspecified atom stereocenters. The summed E-state index contributed by atoms with van der Waals surface area (Å²) in [6.45, 7) is 7.18. The van der Waals surface area contributed by atoms with Crippen LogP contribution >= 0.6 is 0 Å². The first kappa shape index (κ1) is 20.3. The molecular weight excluding hydrogens is 356 g/mol. The lowest BCUT2D eigenvalue weighted by Gasteiger charge is -2.14. The molecule has 8 heteroatoms. The highest BCUT2D eigenvalue weighted by Gasteiger charge is 2.18. The van der Waals surface area contributed by atoms with E-state index in [1.54, 1.807) is 39.8 Å². The molecule has 0 aliphatic rings. The van der Waals surface area contributed by atoms with Gasteiger partial charge in [0.15, 0.2) is 0 Å². The average molecular weight is 378 g/mol. The summed E-state index contributed by atoms with van der Waals surface area (Å²) in [7, 11) is 0. The minimum atomic E-state index is -0.836. The summed E-state index contributed by atoms with van der Waals surface area (Å²) in [5, 5.41) is 0.684. The highest BCUT2D eigenvalue weighted by atomic mass is 16.7. The lowest BCUT2D eigenvalue weighted by Crippen LogP contribution is -2.22. The first-order chi connectivity index (χ1) is 12.8. The van der Waals surface area contributed by atoms with Gasteiger partial charge in [0.1, 0.15) is 17.4 Å². The number of hydrogen-bond acceptors (Lipinski definition) is 8. The Kier molecular flexibility index (Phi) is 6.81. The van der Waals surface area contributed by atoms with Crippen molar-refractivity contribution in [2.45, 2.75) is 40.2 Å². The third kappa shape index (κ3) is 5.22. The number of fused-ring (bicyclic) bond motifs is 1. The van der Waals surface area contributed by atoms with Crippen LogP contribution in [0, 0.1) is 6.92 Å². The third-order valence-corrected chi connectivity index (χ3v) is 3.77. The minimum Gasteiger partial charge on any atom is -0.435 e. The van der Waals surface area contributed by atoms with Crippen molar-refractivity contribution < 1.29 is 33.0 Å². The number of carbonyl (C=O) groups is 2. The summed E-state index contributed by atoms with van der Waals surface area (Å²) < 4.78 is 24.9. The summed E-state index contributed by atoms with van der Waals surface area (Å²) in [6, 6.07) is 4.71. The van der Waals surface area contributed by atoms with Gasteiger partial charge in [0, 0.05) is 23.4 Å². The van der Waals surface area contributed by atoms with Crippen molar-refractivity contribution in [3.05, 3.63) is 39.7 Å². The Morgan fingerprint density at radius 3 is 2.44 bits per heavy atom. The van der Waals surface area contributed by atoms with Crippen LogP contribution in [0.3, 0.4) is 0 Å².